The summed E-state index contributed by atoms with van der Waals surface area (Å²) in [5.41, 5.74) is 1.77. The molecular weight excluding hydrogens is 332 g/mol. The number of carbonyl (C=O) groups excluding carboxylic acids is 2. The van der Waals surface area contributed by atoms with Crippen LogP contribution < -0.4 is 15.0 Å². The number of anilines is 2. The molecule has 2 aromatic carbocycles. The van der Waals surface area contributed by atoms with Gasteiger partial charge in [-0.1, -0.05) is 18.2 Å². The Hall–Kier alpha value is -3.02. The maximum atomic E-state index is 12.7. The molecule has 6 nitrogen and oxygen atoms in total. The van der Waals surface area contributed by atoms with Gasteiger partial charge in [-0.25, -0.2) is 4.79 Å². The van der Waals surface area contributed by atoms with Crippen molar-refractivity contribution in [3.63, 3.8) is 0 Å². The molecule has 0 spiro atoms. The average molecular weight is 352 g/mol. The van der Waals surface area contributed by atoms with Crippen molar-refractivity contribution in [3.8, 4) is 5.75 Å². The van der Waals surface area contributed by atoms with E-state index in [2.05, 4.69) is 5.32 Å². The minimum atomic E-state index is -0.388. The van der Waals surface area contributed by atoms with Crippen LogP contribution in [0.5, 0.6) is 5.75 Å². The second-order valence-corrected chi connectivity index (χ2v) is 6.52. The number of carbonyl (C=O) groups is 2. The summed E-state index contributed by atoms with van der Waals surface area (Å²) in [5.74, 6) is 1.06. The Morgan fingerprint density at radius 1 is 1.19 bits per heavy atom. The Labute approximate surface area is 151 Å². The molecule has 1 heterocycles. The summed E-state index contributed by atoms with van der Waals surface area (Å²) in [6, 6.07) is 14.4. The molecule has 4 rings (SSSR count). The molecular formula is C20H20N2O4. The third kappa shape index (κ3) is 3.64. The minimum Gasteiger partial charge on any atom is -0.491 e. The van der Waals surface area contributed by atoms with E-state index in [1.54, 1.807) is 24.3 Å². The second-order valence-electron chi connectivity index (χ2n) is 6.52. The van der Waals surface area contributed by atoms with Crippen LogP contribution in [0.3, 0.4) is 0 Å². The molecule has 2 fully saturated rings. The van der Waals surface area contributed by atoms with Crippen molar-refractivity contribution < 1.29 is 19.1 Å². The summed E-state index contributed by atoms with van der Waals surface area (Å²) in [6.07, 6.45) is 2.03. The van der Waals surface area contributed by atoms with E-state index in [-0.39, 0.29) is 12.0 Å². The van der Waals surface area contributed by atoms with Crippen LogP contribution in [0.4, 0.5) is 16.2 Å². The number of nitrogens with one attached hydrogen (secondary N) is 1. The third-order valence-corrected chi connectivity index (χ3v) is 4.49. The fraction of sp³-hybridized carbons (Fsp3) is 0.300. The van der Waals surface area contributed by atoms with Crippen LogP contribution in [-0.2, 0) is 4.74 Å². The molecule has 0 unspecified atom stereocenters. The zero-order valence-corrected chi connectivity index (χ0v) is 14.3. The van der Waals surface area contributed by atoms with E-state index in [1.165, 1.54) is 17.7 Å². The Morgan fingerprint density at radius 2 is 2.04 bits per heavy atom. The first kappa shape index (κ1) is 16.4. The largest absolute Gasteiger partial charge is 0.491 e. The Morgan fingerprint density at radius 3 is 2.81 bits per heavy atom. The van der Waals surface area contributed by atoms with E-state index in [0.717, 1.165) is 0 Å². The van der Waals surface area contributed by atoms with Crippen molar-refractivity contribution in [3.05, 3.63) is 54.1 Å². The zero-order valence-electron chi connectivity index (χ0n) is 14.3. The van der Waals surface area contributed by atoms with E-state index in [1.807, 2.05) is 24.3 Å². The van der Waals surface area contributed by atoms with Gasteiger partial charge in [-0.2, -0.15) is 0 Å². The quantitative estimate of drug-likeness (QED) is 0.861. The van der Waals surface area contributed by atoms with E-state index >= 15 is 0 Å². The predicted octanol–water partition coefficient (Wildman–Crippen LogP) is 3.68. The summed E-state index contributed by atoms with van der Waals surface area (Å²) < 4.78 is 10.8. The van der Waals surface area contributed by atoms with Gasteiger partial charge in [-0.05, 0) is 49.1 Å². The van der Waals surface area contributed by atoms with Crippen LogP contribution in [-0.4, -0.2) is 31.8 Å². The summed E-state index contributed by atoms with van der Waals surface area (Å²) in [4.78, 5) is 25.9. The molecule has 0 bridgehead atoms. The number of hydrogen-bond donors (Lipinski definition) is 1. The summed E-state index contributed by atoms with van der Waals surface area (Å²) in [7, 11) is 0. The Kier molecular flexibility index (Phi) is 4.48. The molecule has 134 valence electrons. The van der Waals surface area contributed by atoms with E-state index in [9.17, 15) is 9.59 Å². The molecule has 6 heteroatoms. The maximum absolute atomic E-state index is 12.7. The lowest BCUT2D eigenvalue weighted by atomic mass is 10.1. The molecule has 1 aliphatic heterocycles. The van der Waals surface area contributed by atoms with Gasteiger partial charge >= 0.3 is 6.09 Å². The molecule has 0 aromatic heterocycles. The number of cyclic esters (lactones) is 1. The van der Waals surface area contributed by atoms with Crippen molar-refractivity contribution in [1.82, 2.24) is 0 Å². The van der Waals surface area contributed by atoms with Crippen molar-refractivity contribution in [2.45, 2.75) is 12.8 Å². The molecule has 1 saturated carbocycles. The second kappa shape index (κ2) is 7.07. The third-order valence-electron chi connectivity index (χ3n) is 4.49. The van der Waals surface area contributed by atoms with Gasteiger partial charge in [0.25, 0.3) is 5.91 Å². The van der Waals surface area contributed by atoms with Crippen LogP contribution in [0.25, 0.3) is 0 Å². The molecule has 2 aromatic rings. The lowest BCUT2D eigenvalue weighted by molar-refractivity contribution is 0.102. The molecule has 0 radical (unpaired) electrons. The number of para-hydroxylation sites is 2. The van der Waals surface area contributed by atoms with Gasteiger partial charge < -0.3 is 14.8 Å². The normalized spacial score (nSPS) is 16.3. The van der Waals surface area contributed by atoms with Gasteiger partial charge in [0, 0.05) is 11.3 Å². The van der Waals surface area contributed by atoms with Crippen LogP contribution in [0, 0.1) is 5.92 Å². The van der Waals surface area contributed by atoms with E-state index < -0.39 is 0 Å². The van der Waals surface area contributed by atoms with Gasteiger partial charge in [-0.15, -0.1) is 0 Å². The first-order valence-corrected chi connectivity index (χ1v) is 8.78. The number of nitrogens with zero attached hydrogens (tertiary/aromatic N) is 1. The molecule has 1 N–H and O–H groups in total. The zero-order chi connectivity index (χ0) is 17.9. The van der Waals surface area contributed by atoms with E-state index in [0.29, 0.717) is 48.4 Å². The fourth-order valence-electron chi connectivity index (χ4n) is 2.83. The first-order chi connectivity index (χ1) is 12.7. The number of rotatable bonds is 6. The lowest BCUT2D eigenvalue weighted by Crippen LogP contribution is -2.23. The fourth-order valence-corrected chi connectivity index (χ4v) is 2.83. The predicted molar refractivity (Wildman–Crippen MR) is 97.8 cm³/mol. The first-order valence-electron chi connectivity index (χ1n) is 8.78. The highest BCUT2D eigenvalue weighted by molar-refractivity contribution is 6.06. The van der Waals surface area contributed by atoms with Gasteiger partial charge in [0.1, 0.15) is 12.4 Å². The van der Waals surface area contributed by atoms with Crippen molar-refractivity contribution in [2.75, 3.05) is 30.0 Å². The molecule has 1 aliphatic carbocycles. The van der Waals surface area contributed by atoms with Gasteiger partial charge in [0.2, 0.25) is 0 Å². The highest BCUT2D eigenvalue weighted by Gasteiger charge is 2.24. The van der Waals surface area contributed by atoms with Gasteiger partial charge in [0.05, 0.1) is 18.8 Å². The van der Waals surface area contributed by atoms with Crippen molar-refractivity contribution in [2.24, 2.45) is 5.92 Å². The van der Waals surface area contributed by atoms with Gasteiger partial charge in [0.15, 0.2) is 0 Å². The number of benzene rings is 2. The highest BCUT2D eigenvalue weighted by atomic mass is 16.6. The summed E-state index contributed by atoms with van der Waals surface area (Å²) in [5, 5.41) is 2.90. The topological polar surface area (TPSA) is 67.9 Å². The molecule has 1 saturated heterocycles. The molecule has 26 heavy (non-hydrogen) atoms. The SMILES string of the molecule is O=C(Nc1ccccc1OCC1CC1)c1cccc(N2CCOC2=O)c1. The minimum absolute atomic E-state index is 0.248. The monoisotopic (exact) mass is 352 g/mol. The average Bonchev–Trinajstić information content (AvgIpc) is 3.40. The highest BCUT2D eigenvalue weighted by Crippen LogP contribution is 2.32. The number of ether oxygens (including phenoxy) is 2. The van der Waals surface area contributed by atoms with Crippen LogP contribution in [0.2, 0.25) is 0 Å². The smallest absolute Gasteiger partial charge is 0.414 e. The molecule has 0 atom stereocenters. The number of hydrogen-bond acceptors (Lipinski definition) is 4. The summed E-state index contributed by atoms with van der Waals surface area (Å²) in [6.45, 7) is 1.53. The molecule has 2 amide bonds. The van der Waals surface area contributed by atoms with E-state index in [4.69, 9.17) is 9.47 Å². The van der Waals surface area contributed by atoms with Crippen LogP contribution in [0.1, 0.15) is 23.2 Å². The Balaban J connectivity index is 1.49. The Bertz CT molecular complexity index is 832. The van der Waals surface area contributed by atoms with Crippen molar-refractivity contribution >= 4 is 23.4 Å². The van der Waals surface area contributed by atoms with Crippen LogP contribution >= 0.6 is 0 Å². The standard InChI is InChI=1S/C20H20N2O4/c23-19(15-4-3-5-16(12-15)22-10-11-25-20(22)24)21-17-6-1-2-7-18(17)26-13-14-8-9-14/h1-7,12,14H,8-11,13H2,(H,21,23). The van der Waals surface area contributed by atoms with Gasteiger partial charge in [-0.3, -0.25) is 9.69 Å². The lowest BCUT2D eigenvalue weighted by Gasteiger charge is -2.15. The van der Waals surface area contributed by atoms with Crippen LogP contribution in [0.15, 0.2) is 48.5 Å². The summed E-state index contributed by atoms with van der Waals surface area (Å²) >= 11 is 0. The maximum Gasteiger partial charge on any atom is 0.414 e. The molecule has 2 aliphatic rings. The number of amides is 2. The van der Waals surface area contributed by atoms with Crippen molar-refractivity contribution in [1.29, 1.82) is 0 Å².